The molecule has 0 atom stereocenters. The summed E-state index contributed by atoms with van der Waals surface area (Å²) in [5.41, 5.74) is 0. The predicted octanol–water partition coefficient (Wildman–Crippen LogP) is 1.31. The average molecular weight is 170 g/mol. The predicted molar refractivity (Wildman–Crippen MR) is 43.6 cm³/mol. The summed E-state index contributed by atoms with van der Waals surface area (Å²) in [6.45, 7) is 2.35. The molecule has 0 unspecified atom stereocenters. The van der Waals surface area contributed by atoms with Gasteiger partial charge in [0, 0.05) is 5.92 Å². The van der Waals surface area contributed by atoms with E-state index in [1.54, 1.807) is 0 Å². The molecule has 0 heterocycles. The van der Waals surface area contributed by atoms with Crippen LogP contribution in [0.3, 0.4) is 0 Å². The maximum atomic E-state index is 11.1. The van der Waals surface area contributed by atoms with Gasteiger partial charge in [-0.25, -0.2) is 0 Å². The van der Waals surface area contributed by atoms with Crippen molar-refractivity contribution in [1.82, 2.24) is 0 Å². The minimum atomic E-state index is -0.367. The van der Waals surface area contributed by atoms with Gasteiger partial charge in [-0.3, -0.25) is 9.59 Å². The molecule has 1 saturated carbocycles. The molecular weight excluding hydrogens is 156 g/mol. The highest BCUT2D eigenvalue weighted by atomic mass is 16.5. The Bertz CT molecular complexity index is 182. The Labute approximate surface area is 72.1 Å². The quantitative estimate of drug-likeness (QED) is 0.461. The molecule has 0 radical (unpaired) electrons. The van der Waals surface area contributed by atoms with Crippen molar-refractivity contribution in [1.29, 1.82) is 0 Å². The van der Waals surface area contributed by atoms with E-state index in [1.165, 1.54) is 0 Å². The molecular formula is C9H14O3. The number of hydrogen-bond acceptors (Lipinski definition) is 3. The van der Waals surface area contributed by atoms with Gasteiger partial charge in [-0.05, 0) is 19.3 Å². The third-order valence-electron chi connectivity index (χ3n) is 1.82. The van der Waals surface area contributed by atoms with Crippen LogP contribution < -0.4 is 0 Å². The summed E-state index contributed by atoms with van der Waals surface area (Å²) in [6, 6.07) is 0. The summed E-state index contributed by atoms with van der Waals surface area (Å²) in [5.74, 6) is -0.149. The van der Waals surface area contributed by atoms with Gasteiger partial charge in [0.15, 0.2) is 0 Å². The second-order valence-corrected chi connectivity index (χ2v) is 3.14. The van der Waals surface area contributed by atoms with Gasteiger partial charge in [-0.2, -0.15) is 0 Å². The smallest absolute Gasteiger partial charge is 0.313 e. The summed E-state index contributed by atoms with van der Waals surface area (Å²) in [4.78, 5) is 22.0. The minimum Gasteiger partial charge on any atom is -0.465 e. The Kier molecular flexibility index (Phi) is 3.26. The van der Waals surface area contributed by atoms with Gasteiger partial charge < -0.3 is 4.74 Å². The number of carbonyl (C=O) groups is 2. The third kappa shape index (κ3) is 3.03. The van der Waals surface area contributed by atoms with E-state index in [4.69, 9.17) is 4.74 Å². The van der Waals surface area contributed by atoms with Crippen LogP contribution in [0.1, 0.15) is 32.6 Å². The molecule has 0 aromatic carbocycles. The summed E-state index contributed by atoms with van der Waals surface area (Å²) in [7, 11) is 0. The van der Waals surface area contributed by atoms with Crippen molar-refractivity contribution in [2.24, 2.45) is 5.92 Å². The van der Waals surface area contributed by atoms with Crippen LogP contribution in [-0.2, 0) is 14.3 Å². The monoisotopic (exact) mass is 170 g/mol. The third-order valence-corrected chi connectivity index (χ3v) is 1.82. The molecule has 0 aromatic rings. The van der Waals surface area contributed by atoms with E-state index in [-0.39, 0.29) is 24.1 Å². The first-order chi connectivity index (χ1) is 5.74. The van der Waals surface area contributed by atoms with Gasteiger partial charge in [-0.1, -0.05) is 6.92 Å². The van der Waals surface area contributed by atoms with Crippen molar-refractivity contribution in [2.75, 3.05) is 6.61 Å². The lowest BCUT2D eigenvalue weighted by Gasteiger charge is -2.00. The van der Waals surface area contributed by atoms with Crippen LogP contribution in [0.2, 0.25) is 0 Å². The highest BCUT2D eigenvalue weighted by Crippen LogP contribution is 2.30. The Hall–Kier alpha value is -0.860. The van der Waals surface area contributed by atoms with Gasteiger partial charge in [0.05, 0.1) is 6.61 Å². The number of Topliss-reactive ketones (excluding diaryl/α,β-unsaturated/α-hetero) is 1. The Balaban J connectivity index is 2.11. The number of esters is 1. The lowest BCUT2D eigenvalue weighted by molar-refractivity contribution is -0.146. The fourth-order valence-electron chi connectivity index (χ4n) is 0.959. The Morgan fingerprint density at radius 2 is 2.08 bits per heavy atom. The van der Waals surface area contributed by atoms with Crippen LogP contribution in [0.25, 0.3) is 0 Å². The van der Waals surface area contributed by atoms with Crippen LogP contribution in [-0.4, -0.2) is 18.4 Å². The van der Waals surface area contributed by atoms with Gasteiger partial charge in [0.2, 0.25) is 0 Å². The van der Waals surface area contributed by atoms with E-state index in [0.29, 0.717) is 6.61 Å². The standard InChI is InChI=1S/C9H14O3/c1-2-5-12-9(11)6-8(10)7-3-4-7/h7H,2-6H2,1H3. The van der Waals surface area contributed by atoms with Crippen molar-refractivity contribution in [3.8, 4) is 0 Å². The maximum Gasteiger partial charge on any atom is 0.313 e. The lowest BCUT2D eigenvalue weighted by atomic mass is 10.2. The first kappa shape index (κ1) is 9.23. The van der Waals surface area contributed by atoms with E-state index >= 15 is 0 Å². The molecule has 0 aromatic heterocycles. The van der Waals surface area contributed by atoms with E-state index in [1.807, 2.05) is 6.92 Å². The van der Waals surface area contributed by atoms with Crippen molar-refractivity contribution in [3.05, 3.63) is 0 Å². The maximum absolute atomic E-state index is 11.1. The van der Waals surface area contributed by atoms with E-state index < -0.39 is 0 Å². The lowest BCUT2D eigenvalue weighted by Crippen LogP contribution is -2.12. The molecule has 1 rings (SSSR count). The van der Waals surface area contributed by atoms with Crippen LogP contribution in [0.4, 0.5) is 0 Å². The largest absolute Gasteiger partial charge is 0.465 e. The topological polar surface area (TPSA) is 43.4 Å². The van der Waals surface area contributed by atoms with E-state index in [9.17, 15) is 9.59 Å². The molecule has 0 amide bonds. The molecule has 68 valence electrons. The average Bonchev–Trinajstić information content (AvgIpc) is 2.82. The van der Waals surface area contributed by atoms with Crippen molar-refractivity contribution in [2.45, 2.75) is 32.6 Å². The zero-order valence-electron chi connectivity index (χ0n) is 7.34. The molecule has 0 N–H and O–H groups in total. The van der Waals surface area contributed by atoms with Crippen molar-refractivity contribution in [3.63, 3.8) is 0 Å². The summed E-state index contributed by atoms with van der Waals surface area (Å²) >= 11 is 0. The number of ketones is 1. The molecule has 1 fully saturated rings. The molecule has 0 bridgehead atoms. The fourth-order valence-corrected chi connectivity index (χ4v) is 0.959. The first-order valence-electron chi connectivity index (χ1n) is 4.42. The molecule has 1 aliphatic rings. The highest BCUT2D eigenvalue weighted by Gasteiger charge is 2.30. The molecule has 12 heavy (non-hydrogen) atoms. The van der Waals surface area contributed by atoms with Crippen LogP contribution in [0.5, 0.6) is 0 Å². The molecule has 1 aliphatic carbocycles. The second-order valence-electron chi connectivity index (χ2n) is 3.14. The normalized spacial score (nSPS) is 15.8. The zero-order valence-corrected chi connectivity index (χ0v) is 7.34. The molecule has 0 saturated heterocycles. The van der Waals surface area contributed by atoms with Crippen LogP contribution >= 0.6 is 0 Å². The van der Waals surface area contributed by atoms with Crippen molar-refractivity contribution >= 4 is 11.8 Å². The van der Waals surface area contributed by atoms with Crippen LogP contribution in [0, 0.1) is 5.92 Å². The first-order valence-corrected chi connectivity index (χ1v) is 4.42. The number of carbonyl (C=O) groups excluding carboxylic acids is 2. The summed E-state index contributed by atoms with van der Waals surface area (Å²) < 4.78 is 4.78. The highest BCUT2D eigenvalue weighted by molar-refractivity contribution is 5.97. The van der Waals surface area contributed by atoms with Gasteiger partial charge in [0.25, 0.3) is 0 Å². The Morgan fingerprint density at radius 3 is 2.58 bits per heavy atom. The van der Waals surface area contributed by atoms with E-state index in [2.05, 4.69) is 0 Å². The fraction of sp³-hybridized carbons (Fsp3) is 0.778. The van der Waals surface area contributed by atoms with Gasteiger partial charge >= 0.3 is 5.97 Å². The second kappa shape index (κ2) is 4.24. The van der Waals surface area contributed by atoms with Gasteiger partial charge in [0.1, 0.15) is 12.2 Å². The van der Waals surface area contributed by atoms with Crippen molar-refractivity contribution < 1.29 is 14.3 Å². The molecule has 3 heteroatoms. The summed E-state index contributed by atoms with van der Waals surface area (Å²) in [6.07, 6.45) is 2.70. The Morgan fingerprint density at radius 1 is 1.42 bits per heavy atom. The number of ether oxygens (including phenoxy) is 1. The number of hydrogen-bond donors (Lipinski definition) is 0. The van der Waals surface area contributed by atoms with Crippen LogP contribution in [0.15, 0.2) is 0 Å². The summed E-state index contributed by atoms with van der Waals surface area (Å²) in [5, 5.41) is 0. The van der Waals surface area contributed by atoms with E-state index in [0.717, 1.165) is 19.3 Å². The molecule has 0 spiro atoms. The minimum absolute atomic E-state index is 0.0231. The number of rotatable bonds is 5. The zero-order chi connectivity index (χ0) is 8.97. The molecule has 3 nitrogen and oxygen atoms in total. The SMILES string of the molecule is CCCOC(=O)CC(=O)C1CC1. The molecule has 0 aliphatic heterocycles. The van der Waals surface area contributed by atoms with Gasteiger partial charge in [-0.15, -0.1) is 0 Å².